The van der Waals surface area contributed by atoms with Gasteiger partial charge in [0.15, 0.2) is 0 Å². The SMILES string of the molecule is CSc1ccc(C)c(C(=O)Nc2cc(C(=O)N(C)C)ccc2C)c1. The van der Waals surface area contributed by atoms with Crippen molar-refractivity contribution in [2.45, 2.75) is 18.7 Å². The maximum absolute atomic E-state index is 12.7. The van der Waals surface area contributed by atoms with E-state index in [1.54, 1.807) is 38.0 Å². The summed E-state index contributed by atoms with van der Waals surface area (Å²) < 4.78 is 0. The van der Waals surface area contributed by atoms with Crippen molar-refractivity contribution in [1.29, 1.82) is 0 Å². The predicted molar refractivity (Wildman–Crippen MR) is 100 cm³/mol. The van der Waals surface area contributed by atoms with E-state index in [1.165, 1.54) is 4.90 Å². The van der Waals surface area contributed by atoms with Crippen LogP contribution in [0.3, 0.4) is 0 Å². The average Bonchev–Trinajstić information content (AvgIpc) is 2.56. The lowest BCUT2D eigenvalue weighted by atomic mass is 10.1. The lowest BCUT2D eigenvalue weighted by Crippen LogP contribution is -2.22. The molecular weight excluding hydrogens is 320 g/mol. The van der Waals surface area contributed by atoms with Gasteiger partial charge in [0.1, 0.15) is 0 Å². The van der Waals surface area contributed by atoms with Crippen LogP contribution < -0.4 is 5.32 Å². The van der Waals surface area contributed by atoms with Crippen LogP contribution in [0, 0.1) is 13.8 Å². The Bertz CT molecular complexity index is 785. The van der Waals surface area contributed by atoms with E-state index >= 15 is 0 Å². The second-order valence-electron chi connectivity index (χ2n) is 5.86. The van der Waals surface area contributed by atoms with Crippen molar-refractivity contribution in [1.82, 2.24) is 4.90 Å². The molecule has 0 aromatic heterocycles. The first-order valence-corrected chi connectivity index (χ1v) is 8.84. The summed E-state index contributed by atoms with van der Waals surface area (Å²) in [6.45, 7) is 3.82. The van der Waals surface area contributed by atoms with Gasteiger partial charge in [0.25, 0.3) is 11.8 Å². The van der Waals surface area contributed by atoms with Crippen LogP contribution in [-0.2, 0) is 0 Å². The van der Waals surface area contributed by atoms with E-state index in [2.05, 4.69) is 5.32 Å². The van der Waals surface area contributed by atoms with Crippen LogP contribution in [0.25, 0.3) is 0 Å². The summed E-state index contributed by atoms with van der Waals surface area (Å²) in [5.74, 6) is -0.257. The van der Waals surface area contributed by atoms with Gasteiger partial charge in [-0.3, -0.25) is 9.59 Å². The molecule has 0 aliphatic heterocycles. The fraction of sp³-hybridized carbons (Fsp3) is 0.263. The maximum atomic E-state index is 12.7. The van der Waals surface area contributed by atoms with Crippen LogP contribution in [0.2, 0.25) is 0 Å². The van der Waals surface area contributed by atoms with E-state index in [9.17, 15) is 9.59 Å². The number of carbonyl (C=O) groups excluding carboxylic acids is 2. The lowest BCUT2D eigenvalue weighted by molar-refractivity contribution is 0.0827. The fourth-order valence-corrected chi connectivity index (χ4v) is 2.75. The van der Waals surface area contributed by atoms with Crippen molar-refractivity contribution in [3.05, 3.63) is 58.7 Å². The van der Waals surface area contributed by atoms with Gasteiger partial charge in [0.2, 0.25) is 0 Å². The van der Waals surface area contributed by atoms with Crippen LogP contribution in [-0.4, -0.2) is 37.1 Å². The molecule has 2 aromatic rings. The topological polar surface area (TPSA) is 49.4 Å². The largest absolute Gasteiger partial charge is 0.345 e. The zero-order valence-electron chi connectivity index (χ0n) is 14.6. The van der Waals surface area contributed by atoms with E-state index < -0.39 is 0 Å². The summed E-state index contributed by atoms with van der Waals surface area (Å²) in [6.07, 6.45) is 1.98. The molecule has 2 rings (SSSR count). The van der Waals surface area contributed by atoms with E-state index in [-0.39, 0.29) is 11.8 Å². The van der Waals surface area contributed by atoms with Crippen molar-refractivity contribution in [2.24, 2.45) is 0 Å². The first kappa shape index (κ1) is 18.1. The molecule has 126 valence electrons. The molecule has 1 N–H and O–H groups in total. The Balaban J connectivity index is 2.32. The Labute approximate surface area is 147 Å². The highest BCUT2D eigenvalue weighted by Gasteiger charge is 2.14. The number of aryl methyl sites for hydroxylation is 2. The highest BCUT2D eigenvalue weighted by Crippen LogP contribution is 2.22. The summed E-state index contributed by atoms with van der Waals surface area (Å²) in [5, 5.41) is 2.93. The molecule has 4 nitrogen and oxygen atoms in total. The quantitative estimate of drug-likeness (QED) is 0.855. The normalized spacial score (nSPS) is 10.4. The number of anilines is 1. The van der Waals surface area contributed by atoms with E-state index in [4.69, 9.17) is 0 Å². The number of benzene rings is 2. The van der Waals surface area contributed by atoms with Crippen molar-refractivity contribution in [2.75, 3.05) is 25.7 Å². The molecule has 0 saturated carbocycles. The van der Waals surface area contributed by atoms with Gasteiger partial charge in [0, 0.05) is 35.8 Å². The van der Waals surface area contributed by atoms with Gasteiger partial charge in [-0.1, -0.05) is 12.1 Å². The maximum Gasteiger partial charge on any atom is 0.255 e. The third kappa shape index (κ3) is 3.97. The summed E-state index contributed by atoms with van der Waals surface area (Å²) in [5.41, 5.74) is 3.68. The molecular formula is C19H22N2O2S. The first-order valence-electron chi connectivity index (χ1n) is 7.61. The standard InChI is InChI=1S/C19H22N2O2S/c1-12-7-9-15(24-5)11-16(12)18(22)20-17-10-14(8-6-13(17)2)19(23)21(3)4/h6-11H,1-5H3,(H,20,22). The number of hydrogen-bond acceptors (Lipinski definition) is 3. The first-order chi connectivity index (χ1) is 11.3. The molecule has 0 atom stereocenters. The Morgan fingerprint density at radius 2 is 1.67 bits per heavy atom. The Kier molecular flexibility index (Phi) is 5.67. The smallest absolute Gasteiger partial charge is 0.255 e. The molecule has 0 spiro atoms. The number of amides is 2. The van der Waals surface area contributed by atoms with Crippen molar-refractivity contribution < 1.29 is 9.59 Å². The minimum absolute atomic E-state index is 0.0916. The summed E-state index contributed by atoms with van der Waals surface area (Å²) >= 11 is 1.60. The molecule has 0 aliphatic carbocycles. The van der Waals surface area contributed by atoms with Crippen LogP contribution in [0.5, 0.6) is 0 Å². The molecule has 0 radical (unpaired) electrons. The molecule has 2 amide bonds. The number of thioether (sulfide) groups is 1. The molecule has 0 heterocycles. The highest BCUT2D eigenvalue weighted by atomic mass is 32.2. The number of nitrogens with zero attached hydrogens (tertiary/aromatic N) is 1. The number of rotatable bonds is 4. The van der Waals surface area contributed by atoms with Crippen LogP contribution in [0.4, 0.5) is 5.69 Å². The number of hydrogen-bond donors (Lipinski definition) is 1. The van der Waals surface area contributed by atoms with Crippen molar-refractivity contribution in [3.63, 3.8) is 0 Å². The van der Waals surface area contributed by atoms with Gasteiger partial charge in [0.05, 0.1) is 0 Å². The Hall–Kier alpha value is -2.27. The van der Waals surface area contributed by atoms with E-state index in [0.717, 1.165) is 16.0 Å². The summed E-state index contributed by atoms with van der Waals surface area (Å²) in [6, 6.07) is 11.2. The monoisotopic (exact) mass is 342 g/mol. The molecule has 0 bridgehead atoms. The number of nitrogens with one attached hydrogen (secondary N) is 1. The van der Waals surface area contributed by atoms with E-state index in [1.807, 2.05) is 44.4 Å². The fourth-order valence-electron chi connectivity index (χ4n) is 2.31. The number of carbonyl (C=O) groups is 2. The molecule has 24 heavy (non-hydrogen) atoms. The van der Waals surface area contributed by atoms with Gasteiger partial charge >= 0.3 is 0 Å². The van der Waals surface area contributed by atoms with Crippen molar-refractivity contribution >= 4 is 29.3 Å². The molecule has 0 fully saturated rings. The van der Waals surface area contributed by atoms with E-state index in [0.29, 0.717) is 16.8 Å². The van der Waals surface area contributed by atoms with Gasteiger partial charge in [-0.25, -0.2) is 0 Å². The third-order valence-corrected chi connectivity index (χ3v) is 4.55. The summed E-state index contributed by atoms with van der Waals surface area (Å²) in [7, 11) is 3.41. The molecule has 0 saturated heterocycles. The van der Waals surface area contributed by atoms with Gasteiger partial charge in [-0.2, -0.15) is 0 Å². The molecule has 0 aliphatic rings. The summed E-state index contributed by atoms with van der Waals surface area (Å²) in [4.78, 5) is 27.3. The molecule has 5 heteroatoms. The Morgan fingerprint density at radius 3 is 2.29 bits per heavy atom. The third-order valence-electron chi connectivity index (χ3n) is 3.83. The zero-order valence-corrected chi connectivity index (χ0v) is 15.5. The van der Waals surface area contributed by atoms with Crippen LogP contribution in [0.1, 0.15) is 31.8 Å². The molecule has 2 aromatic carbocycles. The second-order valence-corrected chi connectivity index (χ2v) is 6.74. The van der Waals surface area contributed by atoms with Crippen molar-refractivity contribution in [3.8, 4) is 0 Å². The lowest BCUT2D eigenvalue weighted by Gasteiger charge is -2.14. The van der Waals surface area contributed by atoms with Crippen LogP contribution >= 0.6 is 11.8 Å². The van der Waals surface area contributed by atoms with Gasteiger partial charge < -0.3 is 10.2 Å². The minimum atomic E-state index is -0.166. The van der Waals surface area contributed by atoms with Gasteiger partial charge in [-0.15, -0.1) is 11.8 Å². The average molecular weight is 342 g/mol. The van der Waals surface area contributed by atoms with Crippen LogP contribution in [0.15, 0.2) is 41.3 Å². The minimum Gasteiger partial charge on any atom is -0.345 e. The highest BCUT2D eigenvalue weighted by molar-refractivity contribution is 7.98. The van der Waals surface area contributed by atoms with Gasteiger partial charge in [-0.05, 0) is 55.5 Å². The molecule has 0 unspecified atom stereocenters. The zero-order chi connectivity index (χ0) is 17.9. The second kappa shape index (κ2) is 7.53. The Morgan fingerprint density at radius 1 is 1.00 bits per heavy atom. The predicted octanol–water partition coefficient (Wildman–Crippen LogP) is 3.98.